The summed E-state index contributed by atoms with van der Waals surface area (Å²) in [4.78, 5) is 16.3. The largest absolute Gasteiger partial charge is 0.493 e. The number of halogens is 1. The maximum Gasteiger partial charge on any atom is 0.243 e. The van der Waals surface area contributed by atoms with Crippen LogP contribution in [0.15, 0.2) is 77.7 Å². The first-order valence-corrected chi connectivity index (χ1v) is 19.4. The number of amides is 1. The van der Waals surface area contributed by atoms with E-state index in [2.05, 4.69) is 0 Å². The Morgan fingerprint density at radius 3 is 2.04 bits per heavy atom. The van der Waals surface area contributed by atoms with Crippen LogP contribution in [0.2, 0.25) is 5.02 Å². The predicted octanol–water partition coefficient (Wildman–Crippen LogP) is 6.76. The molecule has 2 N–H and O–H groups in total. The van der Waals surface area contributed by atoms with Crippen molar-refractivity contribution in [1.82, 2.24) is 9.21 Å². The molecule has 0 spiro atoms. The molecule has 2 saturated heterocycles. The minimum absolute atomic E-state index is 0.103. The number of nitrogens with two attached hydrogens (primary N) is 1. The zero-order chi connectivity index (χ0) is 33.3. The van der Waals surface area contributed by atoms with Crippen molar-refractivity contribution >= 4 is 27.5 Å². The van der Waals surface area contributed by atoms with E-state index in [1.54, 1.807) is 24.3 Å². The normalized spacial score (nSPS) is 26.7. The summed E-state index contributed by atoms with van der Waals surface area (Å²) in [5.41, 5.74) is 8.54. The number of piperidine rings is 2. The number of hydrogen-bond acceptors (Lipinski definition) is 6. The number of ether oxygens (including phenoxy) is 2. The van der Waals surface area contributed by atoms with Gasteiger partial charge in [0.05, 0.1) is 11.5 Å². The third kappa shape index (κ3) is 7.25. The maximum atomic E-state index is 14.3. The van der Waals surface area contributed by atoms with E-state index in [0.29, 0.717) is 48.6 Å². The van der Waals surface area contributed by atoms with Crippen LogP contribution in [-0.2, 0) is 14.8 Å². The summed E-state index contributed by atoms with van der Waals surface area (Å²) in [7, 11) is -3.96. The molecule has 2 heterocycles. The molecule has 4 fully saturated rings. The van der Waals surface area contributed by atoms with Crippen LogP contribution in [-0.4, -0.2) is 68.0 Å². The second kappa shape index (κ2) is 14.4. The predicted molar refractivity (Wildman–Crippen MR) is 187 cm³/mol. The summed E-state index contributed by atoms with van der Waals surface area (Å²) in [5, 5.41) is 0.687. The first-order chi connectivity index (χ1) is 23.2. The quantitative estimate of drug-likeness (QED) is 0.266. The highest BCUT2D eigenvalue weighted by atomic mass is 35.5. The van der Waals surface area contributed by atoms with E-state index in [0.717, 1.165) is 24.0 Å². The fraction of sp³-hybridized carbons (Fsp3) is 0.500. The van der Waals surface area contributed by atoms with Crippen molar-refractivity contribution in [3.05, 3.63) is 77.8 Å². The second-order valence-corrected chi connectivity index (χ2v) is 16.5. The van der Waals surface area contributed by atoms with Gasteiger partial charge in [0.1, 0.15) is 23.6 Å². The molecule has 3 aromatic rings. The molecular weight excluding hydrogens is 646 g/mol. The Bertz CT molecular complexity index is 1650. The van der Waals surface area contributed by atoms with E-state index >= 15 is 0 Å². The van der Waals surface area contributed by atoms with Gasteiger partial charge in [-0.25, -0.2) is 8.42 Å². The molecule has 2 saturated carbocycles. The number of benzene rings is 3. The molecule has 2 unspecified atom stereocenters. The summed E-state index contributed by atoms with van der Waals surface area (Å²) in [6.07, 6.45) is 8.60. The lowest BCUT2D eigenvalue weighted by Gasteiger charge is -2.42. The summed E-state index contributed by atoms with van der Waals surface area (Å²) >= 11 is 6.06. The molecule has 2 bridgehead atoms. The molecule has 2 aliphatic carbocycles. The van der Waals surface area contributed by atoms with Gasteiger partial charge in [-0.15, -0.1) is 0 Å². The maximum absolute atomic E-state index is 14.3. The number of hydrogen-bond donors (Lipinski definition) is 1. The van der Waals surface area contributed by atoms with Crippen molar-refractivity contribution in [3.63, 3.8) is 0 Å². The third-order valence-corrected chi connectivity index (χ3v) is 13.2. The van der Waals surface area contributed by atoms with Crippen LogP contribution in [0.1, 0.15) is 57.8 Å². The molecule has 0 radical (unpaired) electrons. The van der Waals surface area contributed by atoms with E-state index in [4.69, 9.17) is 26.8 Å². The molecule has 2 aliphatic heterocycles. The van der Waals surface area contributed by atoms with E-state index < -0.39 is 16.1 Å². The van der Waals surface area contributed by atoms with Gasteiger partial charge in [-0.05, 0) is 110 Å². The zero-order valence-electron chi connectivity index (χ0n) is 27.4. The highest BCUT2D eigenvalue weighted by molar-refractivity contribution is 7.89. The van der Waals surface area contributed by atoms with Crippen molar-refractivity contribution in [2.45, 2.75) is 80.9 Å². The van der Waals surface area contributed by atoms with Crippen molar-refractivity contribution in [2.75, 3.05) is 26.2 Å². The molecule has 8 nitrogen and oxygen atoms in total. The Hall–Kier alpha value is -3.11. The first-order valence-electron chi connectivity index (χ1n) is 17.6. The Morgan fingerprint density at radius 2 is 1.40 bits per heavy atom. The van der Waals surface area contributed by atoms with Crippen LogP contribution in [0.5, 0.6) is 11.5 Å². The van der Waals surface area contributed by atoms with Crippen LogP contribution in [0.3, 0.4) is 0 Å². The van der Waals surface area contributed by atoms with Gasteiger partial charge in [0, 0.05) is 37.1 Å². The average molecular weight is 692 g/mol. The van der Waals surface area contributed by atoms with Gasteiger partial charge in [-0.3, -0.25) is 4.79 Å². The van der Waals surface area contributed by atoms with Gasteiger partial charge >= 0.3 is 0 Å². The van der Waals surface area contributed by atoms with Crippen molar-refractivity contribution in [1.29, 1.82) is 0 Å². The van der Waals surface area contributed by atoms with Gasteiger partial charge in [0.2, 0.25) is 15.9 Å². The van der Waals surface area contributed by atoms with Gasteiger partial charge in [0.15, 0.2) is 0 Å². The molecule has 48 heavy (non-hydrogen) atoms. The number of nitrogens with zero attached hydrogens (tertiary/aromatic N) is 2. The molecule has 1 amide bonds. The molecular formula is C38H46ClN3O5S. The SMILES string of the molecule is NC1C2CCC1CN(C(=O)[C@H]1C[C@@H](Oc3ccc(-c4ccc(Cl)cc4)cc3)CCN1S(=O)(=O)c1ccc(OCC3CCCCC3)cc1)C2. The van der Waals surface area contributed by atoms with E-state index in [1.165, 1.54) is 36.4 Å². The number of rotatable bonds is 9. The highest BCUT2D eigenvalue weighted by Crippen LogP contribution is 2.38. The monoisotopic (exact) mass is 691 g/mol. The lowest BCUT2D eigenvalue weighted by Crippen LogP contribution is -2.59. The lowest BCUT2D eigenvalue weighted by atomic mass is 9.90. The lowest BCUT2D eigenvalue weighted by molar-refractivity contribution is -0.139. The summed E-state index contributed by atoms with van der Waals surface area (Å²) in [6, 6.07) is 21.4. The topological polar surface area (TPSA) is 102 Å². The number of fused-ring (bicyclic) bond motifs is 2. The fourth-order valence-corrected chi connectivity index (χ4v) is 9.89. The standard InChI is InChI=1S/C38H46ClN3O5S/c39-31-12-8-27(9-13-31)28-10-14-33(15-11-28)47-34-20-21-42(36(22-34)38(43)41-23-29-6-7-30(24-41)37(29)40)48(44,45)35-18-16-32(17-19-35)46-25-26-4-2-1-3-5-26/h8-19,26,29-30,34,36-37H,1-7,20-25,40H2/t29?,30?,34-,36+,37?/m0/s1. The minimum atomic E-state index is -3.96. The number of carbonyl (C=O) groups is 1. The molecule has 0 aromatic heterocycles. The Morgan fingerprint density at radius 1 is 0.792 bits per heavy atom. The zero-order valence-corrected chi connectivity index (χ0v) is 29.0. The first kappa shape index (κ1) is 33.4. The summed E-state index contributed by atoms with van der Waals surface area (Å²) < 4.78 is 42.3. The van der Waals surface area contributed by atoms with Crippen molar-refractivity contribution in [2.24, 2.45) is 23.5 Å². The number of likely N-dealkylation sites (tertiary alicyclic amines) is 1. The molecule has 4 aliphatic rings. The van der Waals surface area contributed by atoms with Crippen LogP contribution in [0.25, 0.3) is 11.1 Å². The Kier molecular flexibility index (Phi) is 10.0. The van der Waals surface area contributed by atoms with Crippen LogP contribution in [0, 0.1) is 17.8 Å². The molecule has 3 aromatic carbocycles. The van der Waals surface area contributed by atoms with Gasteiger partial charge in [0.25, 0.3) is 0 Å². The third-order valence-electron chi connectivity index (χ3n) is 11.0. The smallest absolute Gasteiger partial charge is 0.243 e. The number of carbonyl (C=O) groups excluding carboxylic acids is 1. The average Bonchev–Trinajstić information content (AvgIpc) is 3.30. The summed E-state index contributed by atoms with van der Waals surface area (Å²) in [5.74, 6) is 2.27. The molecule has 10 heteroatoms. The molecule has 7 rings (SSSR count). The molecule has 256 valence electrons. The van der Waals surface area contributed by atoms with Crippen LogP contribution >= 0.6 is 11.6 Å². The van der Waals surface area contributed by atoms with Crippen molar-refractivity contribution < 1.29 is 22.7 Å². The van der Waals surface area contributed by atoms with Gasteiger partial charge in [-0.2, -0.15) is 4.31 Å². The Labute approximate surface area is 289 Å². The van der Waals surface area contributed by atoms with E-state index in [1.807, 2.05) is 53.4 Å². The van der Waals surface area contributed by atoms with Gasteiger partial charge < -0.3 is 20.1 Å². The Balaban J connectivity index is 1.07. The van der Waals surface area contributed by atoms with Gasteiger partial charge in [-0.1, -0.05) is 55.1 Å². The van der Waals surface area contributed by atoms with Crippen molar-refractivity contribution in [3.8, 4) is 22.6 Å². The van der Waals surface area contributed by atoms with E-state index in [9.17, 15) is 13.2 Å². The minimum Gasteiger partial charge on any atom is -0.493 e. The molecule has 4 atom stereocenters. The fourth-order valence-electron chi connectivity index (χ4n) is 8.16. The summed E-state index contributed by atoms with van der Waals surface area (Å²) in [6.45, 7) is 1.99. The highest BCUT2D eigenvalue weighted by Gasteiger charge is 2.47. The number of sulfonamides is 1. The second-order valence-electron chi connectivity index (χ2n) is 14.1. The van der Waals surface area contributed by atoms with Crippen LogP contribution < -0.4 is 15.2 Å². The van der Waals surface area contributed by atoms with Crippen LogP contribution in [0.4, 0.5) is 0 Å². The van der Waals surface area contributed by atoms with E-state index in [-0.39, 0.29) is 47.7 Å².